The lowest BCUT2D eigenvalue weighted by atomic mass is 10.9. The minimum atomic E-state index is 0.765. The summed E-state index contributed by atoms with van der Waals surface area (Å²) in [6.45, 7) is 0.765. The Kier molecular flexibility index (Phi) is 5.58. The molecule has 0 spiro atoms. The Morgan fingerprint density at radius 3 is 2.67 bits per heavy atom. The van der Waals surface area contributed by atoms with E-state index in [1.54, 1.807) is 11.8 Å². The first-order valence-corrected chi connectivity index (χ1v) is 3.17. The Balaban J connectivity index is 2.34. The largest absolute Gasteiger partial charge is 0.378 e. The molecule has 0 bridgehead atoms. The van der Waals surface area contributed by atoms with E-state index in [2.05, 4.69) is 11.8 Å². The van der Waals surface area contributed by atoms with Crippen LogP contribution in [0.25, 0.3) is 0 Å². The van der Waals surface area contributed by atoms with Crippen LogP contribution in [0.1, 0.15) is 0 Å². The second-order valence-electron chi connectivity index (χ2n) is 0.901. The Morgan fingerprint density at radius 1 is 1.83 bits per heavy atom. The lowest BCUT2D eigenvalue weighted by Crippen LogP contribution is -1.86. The Bertz CT molecular complexity index is 19.5. The van der Waals surface area contributed by atoms with Gasteiger partial charge in [0.25, 0.3) is 0 Å². The molecule has 1 radical (unpaired) electrons. The van der Waals surface area contributed by atoms with Gasteiger partial charge in [0.05, 0.1) is 13.7 Å². The molecule has 0 heterocycles. The molecule has 0 aromatic heterocycles. The number of hydrogen-bond acceptors (Lipinski definition) is 2. The van der Waals surface area contributed by atoms with Gasteiger partial charge in [-0.25, -0.2) is 0 Å². The molecule has 0 rings (SSSR count). The third kappa shape index (κ3) is 4.31. The van der Waals surface area contributed by atoms with Gasteiger partial charge in [0.1, 0.15) is 0 Å². The second-order valence-corrected chi connectivity index (χ2v) is 1.89. The van der Waals surface area contributed by atoms with Gasteiger partial charge < -0.3 is 4.74 Å². The van der Waals surface area contributed by atoms with Gasteiger partial charge in [-0.15, -0.1) is 0 Å². The number of ether oxygens (including phenoxy) is 1. The molecule has 1 nitrogen and oxygen atoms in total. The van der Waals surface area contributed by atoms with Gasteiger partial charge in [0.15, 0.2) is 0 Å². The highest BCUT2D eigenvalue weighted by atomic mass is 32.2. The van der Waals surface area contributed by atoms with Crippen LogP contribution in [0, 0.1) is 7.11 Å². The summed E-state index contributed by atoms with van der Waals surface area (Å²) in [5, 5.41) is 0. The molecule has 0 aromatic rings. The van der Waals surface area contributed by atoms with Crippen LogP contribution < -0.4 is 0 Å². The van der Waals surface area contributed by atoms with Crippen molar-refractivity contribution in [2.45, 2.75) is 0 Å². The van der Waals surface area contributed by atoms with Gasteiger partial charge in [0.2, 0.25) is 0 Å². The highest BCUT2D eigenvalue weighted by molar-refractivity contribution is 7.98. The lowest BCUT2D eigenvalue weighted by Gasteiger charge is -1.89. The fraction of sp³-hybridized carbons (Fsp3) is 0.750. The molecule has 0 saturated heterocycles. The van der Waals surface area contributed by atoms with E-state index >= 15 is 0 Å². The van der Waals surface area contributed by atoms with Gasteiger partial charge in [-0.3, -0.25) is 0 Å². The van der Waals surface area contributed by atoms with E-state index < -0.39 is 0 Å². The van der Waals surface area contributed by atoms with Crippen molar-refractivity contribution in [1.29, 1.82) is 0 Å². The van der Waals surface area contributed by atoms with Gasteiger partial charge in [0, 0.05) is 5.75 Å². The minimum Gasteiger partial charge on any atom is -0.378 e. The Hall–Kier alpha value is 0.310. The van der Waals surface area contributed by atoms with E-state index in [4.69, 9.17) is 0 Å². The molecule has 37 valence electrons. The molecule has 0 atom stereocenters. The molecule has 6 heavy (non-hydrogen) atoms. The fourth-order valence-corrected chi connectivity index (χ4v) is 0.427. The highest BCUT2D eigenvalue weighted by Gasteiger charge is 1.74. The maximum atomic E-state index is 4.51. The standard InChI is InChI=1S/C4H9OS/c1-5-3-4-6-2/h1,3-4H2,2H3. The first-order valence-electron chi connectivity index (χ1n) is 1.77. The third-order valence-corrected chi connectivity index (χ3v) is 1.01. The van der Waals surface area contributed by atoms with Crippen LogP contribution in [0.15, 0.2) is 0 Å². The molecule has 0 amide bonds. The summed E-state index contributed by atoms with van der Waals surface area (Å²) >= 11 is 1.76. The first kappa shape index (κ1) is 6.31. The zero-order chi connectivity index (χ0) is 4.83. The van der Waals surface area contributed by atoms with Crippen LogP contribution in [0.2, 0.25) is 0 Å². The van der Waals surface area contributed by atoms with Gasteiger partial charge >= 0.3 is 0 Å². The molecule has 0 aliphatic rings. The molecule has 0 aliphatic carbocycles. The summed E-state index contributed by atoms with van der Waals surface area (Å²) < 4.78 is 4.51. The highest BCUT2D eigenvalue weighted by Crippen LogP contribution is 1.88. The van der Waals surface area contributed by atoms with Gasteiger partial charge in [-0.2, -0.15) is 11.8 Å². The zero-order valence-corrected chi connectivity index (χ0v) is 4.75. The number of rotatable bonds is 3. The third-order valence-electron chi connectivity index (χ3n) is 0.432. The van der Waals surface area contributed by atoms with E-state index in [9.17, 15) is 0 Å². The van der Waals surface area contributed by atoms with Crippen molar-refractivity contribution < 1.29 is 4.74 Å². The zero-order valence-electron chi connectivity index (χ0n) is 3.94. The fourth-order valence-electron chi connectivity index (χ4n) is 0.142. The van der Waals surface area contributed by atoms with Crippen LogP contribution in [0.5, 0.6) is 0 Å². The van der Waals surface area contributed by atoms with Gasteiger partial charge in [-0.1, -0.05) is 0 Å². The minimum absolute atomic E-state index is 0.765. The van der Waals surface area contributed by atoms with Crippen molar-refractivity contribution in [1.82, 2.24) is 0 Å². The van der Waals surface area contributed by atoms with Crippen molar-refractivity contribution >= 4 is 11.8 Å². The van der Waals surface area contributed by atoms with Crippen molar-refractivity contribution in [2.75, 3.05) is 18.6 Å². The van der Waals surface area contributed by atoms with Crippen LogP contribution in [-0.4, -0.2) is 18.6 Å². The number of thioether (sulfide) groups is 1. The molecule has 0 saturated carbocycles. The molecular formula is C4H9OS. The molecular weight excluding hydrogens is 96.1 g/mol. The smallest absolute Gasteiger partial charge is 0.0700 e. The van der Waals surface area contributed by atoms with E-state index in [1.807, 2.05) is 6.26 Å². The van der Waals surface area contributed by atoms with E-state index in [0.29, 0.717) is 0 Å². The van der Waals surface area contributed by atoms with E-state index in [-0.39, 0.29) is 0 Å². The predicted molar refractivity (Wildman–Crippen MR) is 29.7 cm³/mol. The van der Waals surface area contributed by atoms with E-state index in [1.165, 1.54) is 0 Å². The maximum absolute atomic E-state index is 4.51. The molecule has 0 fully saturated rings. The van der Waals surface area contributed by atoms with E-state index in [0.717, 1.165) is 12.4 Å². The lowest BCUT2D eigenvalue weighted by molar-refractivity contribution is 0.265. The predicted octanol–water partition coefficient (Wildman–Crippen LogP) is 1.16. The van der Waals surface area contributed by atoms with Crippen LogP contribution in [-0.2, 0) is 4.74 Å². The molecule has 2 heteroatoms. The molecule has 0 unspecified atom stereocenters. The summed E-state index contributed by atoms with van der Waals surface area (Å²) in [6.07, 6.45) is 2.04. The van der Waals surface area contributed by atoms with Crippen LogP contribution in [0.4, 0.5) is 0 Å². The van der Waals surface area contributed by atoms with Crippen molar-refractivity contribution in [3.63, 3.8) is 0 Å². The Morgan fingerprint density at radius 2 is 2.50 bits per heavy atom. The Labute approximate surface area is 43.1 Å². The summed E-state index contributed by atoms with van der Waals surface area (Å²) in [6, 6.07) is 0. The average Bonchev–Trinajstić information content (AvgIpc) is 1.61. The first-order chi connectivity index (χ1) is 2.91. The topological polar surface area (TPSA) is 9.23 Å². The van der Waals surface area contributed by atoms with Crippen LogP contribution in [0.3, 0.4) is 0 Å². The quantitative estimate of drug-likeness (QED) is 0.498. The summed E-state index contributed by atoms with van der Waals surface area (Å²) in [4.78, 5) is 0. The summed E-state index contributed by atoms with van der Waals surface area (Å²) in [5.41, 5.74) is 0. The normalized spacial score (nSPS) is 9.00. The maximum Gasteiger partial charge on any atom is 0.0700 e. The molecule has 0 aliphatic heterocycles. The van der Waals surface area contributed by atoms with Gasteiger partial charge in [-0.05, 0) is 6.26 Å². The van der Waals surface area contributed by atoms with Crippen molar-refractivity contribution in [3.05, 3.63) is 7.11 Å². The van der Waals surface area contributed by atoms with Crippen molar-refractivity contribution in [3.8, 4) is 0 Å². The molecule has 0 N–H and O–H groups in total. The van der Waals surface area contributed by atoms with Crippen molar-refractivity contribution in [2.24, 2.45) is 0 Å². The number of hydrogen-bond donors (Lipinski definition) is 0. The summed E-state index contributed by atoms with van der Waals surface area (Å²) in [7, 11) is 3.21. The second kappa shape index (κ2) is 5.31. The molecule has 0 aromatic carbocycles. The van der Waals surface area contributed by atoms with Crippen LogP contribution >= 0.6 is 11.8 Å². The SMILES string of the molecule is [CH2]OCCSC. The average molecular weight is 105 g/mol. The monoisotopic (exact) mass is 105 g/mol. The summed E-state index contributed by atoms with van der Waals surface area (Å²) in [5.74, 6) is 1.05.